The van der Waals surface area contributed by atoms with Crippen molar-refractivity contribution in [1.82, 2.24) is 9.97 Å². The van der Waals surface area contributed by atoms with Gasteiger partial charge in [-0.1, -0.05) is 18.5 Å². The highest BCUT2D eigenvalue weighted by molar-refractivity contribution is 9.10. The van der Waals surface area contributed by atoms with Gasteiger partial charge in [0.25, 0.3) is 0 Å². The van der Waals surface area contributed by atoms with Gasteiger partial charge in [-0.3, -0.25) is 0 Å². The van der Waals surface area contributed by atoms with E-state index in [0.29, 0.717) is 27.4 Å². The van der Waals surface area contributed by atoms with Gasteiger partial charge in [0.15, 0.2) is 5.82 Å². The molecular formula is C13H10BrClF2N2O. The molecular weight excluding hydrogens is 354 g/mol. The van der Waals surface area contributed by atoms with E-state index in [-0.39, 0.29) is 5.75 Å². The summed E-state index contributed by atoms with van der Waals surface area (Å²) in [5.74, 6) is 0.529. The molecule has 0 saturated carbocycles. The standard InChI is InChI=1S/C13H10BrClF2N2O/c1-2-9-10(14)11(15)19-12(18-9)7-3-5-8(6-4-7)20-13(16)17/h3-6,13H,2H2,1H3. The number of aryl methyl sites for hydroxylation is 1. The number of nitrogens with zero attached hydrogens (tertiary/aromatic N) is 2. The monoisotopic (exact) mass is 362 g/mol. The molecule has 0 aliphatic heterocycles. The predicted octanol–water partition coefficient (Wildman–Crippen LogP) is 4.72. The third-order valence-corrected chi connectivity index (χ3v) is 3.89. The number of halogens is 4. The van der Waals surface area contributed by atoms with Crippen LogP contribution in [-0.4, -0.2) is 16.6 Å². The van der Waals surface area contributed by atoms with E-state index in [2.05, 4.69) is 30.6 Å². The summed E-state index contributed by atoms with van der Waals surface area (Å²) < 4.78 is 29.1. The largest absolute Gasteiger partial charge is 0.435 e. The molecule has 1 heterocycles. The molecule has 1 aromatic carbocycles. The third-order valence-electron chi connectivity index (χ3n) is 2.55. The van der Waals surface area contributed by atoms with Crippen LogP contribution in [0, 0.1) is 0 Å². The summed E-state index contributed by atoms with van der Waals surface area (Å²) >= 11 is 9.35. The van der Waals surface area contributed by atoms with Gasteiger partial charge in [-0.25, -0.2) is 9.97 Å². The highest BCUT2D eigenvalue weighted by Crippen LogP contribution is 2.28. The van der Waals surface area contributed by atoms with Crippen LogP contribution in [0.5, 0.6) is 5.75 Å². The quantitative estimate of drug-likeness (QED) is 0.737. The smallest absolute Gasteiger partial charge is 0.387 e. The lowest BCUT2D eigenvalue weighted by atomic mass is 10.2. The van der Waals surface area contributed by atoms with Crippen LogP contribution in [0.25, 0.3) is 11.4 Å². The highest BCUT2D eigenvalue weighted by Gasteiger charge is 2.11. The van der Waals surface area contributed by atoms with Gasteiger partial charge in [-0.2, -0.15) is 8.78 Å². The number of hydrogen-bond acceptors (Lipinski definition) is 3. The zero-order valence-corrected chi connectivity index (χ0v) is 12.8. The van der Waals surface area contributed by atoms with Crippen molar-refractivity contribution in [2.75, 3.05) is 0 Å². The van der Waals surface area contributed by atoms with E-state index in [0.717, 1.165) is 5.69 Å². The summed E-state index contributed by atoms with van der Waals surface area (Å²) in [6.07, 6.45) is 0.697. The molecule has 0 aliphatic carbocycles. The van der Waals surface area contributed by atoms with Crippen molar-refractivity contribution in [3.8, 4) is 17.1 Å². The van der Waals surface area contributed by atoms with Crippen LogP contribution in [0.4, 0.5) is 8.78 Å². The Morgan fingerprint density at radius 1 is 1.25 bits per heavy atom. The molecule has 0 unspecified atom stereocenters. The number of ether oxygens (including phenoxy) is 1. The van der Waals surface area contributed by atoms with E-state index < -0.39 is 6.61 Å². The zero-order valence-electron chi connectivity index (χ0n) is 10.4. The van der Waals surface area contributed by atoms with Crippen molar-refractivity contribution >= 4 is 27.5 Å². The third kappa shape index (κ3) is 3.43. The van der Waals surface area contributed by atoms with Crippen LogP contribution in [0.1, 0.15) is 12.6 Å². The zero-order chi connectivity index (χ0) is 14.7. The number of aromatic nitrogens is 2. The van der Waals surface area contributed by atoms with Crippen molar-refractivity contribution in [2.24, 2.45) is 0 Å². The summed E-state index contributed by atoms with van der Waals surface area (Å²) in [7, 11) is 0. The van der Waals surface area contributed by atoms with Gasteiger partial charge in [0, 0.05) is 5.56 Å². The Labute approximate surface area is 128 Å². The van der Waals surface area contributed by atoms with E-state index in [1.807, 2.05) is 6.92 Å². The molecule has 3 nitrogen and oxygen atoms in total. The molecule has 0 aliphatic rings. The number of alkyl halides is 2. The van der Waals surface area contributed by atoms with Crippen LogP contribution in [0.3, 0.4) is 0 Å². The lowest BCUT2D eigenvalue weighted by Crippen LogP contribution is -2.02. The minimum atomic E-state index is -2.84. The first-order valence-corrected chi connectivity index (χ1v) is 6.95. The molecule has 0 N–H and O–H groups in total. The SMILES string of the molecule is CCc1nc(-c2ccc(OC(F)F)cc2)nc(Cl)c1Br. The summed E-state index contributed by atoms with van der Waals surface area (Å²) in [5, 5.41) is 0.319. The molecule has 1 aromatic heterocycles. The average molecular weight is 364 g/mol. The van der Waals surface area contributed by atoms with E-state index in [4.69, 9.17) is 11.6 Å². The van der Waals surface area contributed by atoms with Gasteiger partial charge >= 0.3 is 6.61 Å². The second-order valence-electron chi connectivity index (χ2n) is 3.86. The molecule has 0 atom stereocenters. The predicted molar refractivity (Wildman–Crippen MR) is 76.2 cm³/mol. The van der Waals surface area contributed by atoms with Gasteiger partial charge in [0.05, 0.1) is 10.2 Å². The lowest BCUT2D eigenvalue weighted by molar-refractivity contribution is -0.0498. The molecule has 0 radical (unpaired) electrons. The van der Waals surface area contributed by atoms with Crippen LogP contribution in [0.15, 0.2) is 28.7 Å². The first-order chi connectivity index (χ1) is 9.51. The fourth-order valence-corrected chi connectivity index (χ4v) is 2.26. The molecule has 20 heavy (non-hydrogen) atoms. The van der Waals surface area contributed by atoms with Crippen LogP contribution in [0.2, 0.25) is 5.15 Å². The van der Waals surface area contributed by atoms with Crippen LogP contribution in [-0.2, 0) is 6.42 Å². The van der Waals surface area contributed by atoms with Gasteiger partial charge in [0.2, 0.25) is 0 Å². The Hall–Kier alpha value is -1.27. The topological polar surface area (TPSA) is 35.0 Å². The minimum absolute atomic E-state index is 0.0858. The molecule has 0 bridgehead atoms. The first-order valence-electron chi connectivity index (χ1n) is 5.78. The highest BCUT2D eigenvalue weighted by atomic mass is 79.9. The van der Waals surface area contributed by atoms with Crippen LogP contribution < -0.4 is 4.74 Å². The number of hydrogen-bond donors (Lipinski definition) is 0. The van der Waals surface area contributed by atoms with Crippen molar-refractivity contribution in [1.29, 1.82) is 0 Å². The molecule has 0 fully saturated rings. The summed E-state index contributed by atoms with van der Waals surface area (Å²) in [5.41, 5.74) is 1.46. The maximum absolute atomic E-state index is 12.1. The van der Waals surface area contributed by atoms with Crippen molar-refractivity contribution in [3.05, 3.63) is 39.6 Å². The van der Waals surface area contributed by atoms with Crippen molar-refractivity contribution in [2.45, 2.75) is 20.0 Å². The second kappa shape index (κ2) is 6.45. The molecule has 0 amide bonds. The second-order valence-corrected chi connectivity index (χ2v) is 5.01. The van der Waals surface area contributed by atoms with Gasteiger partial charge in [-0.15, -0.1) is 0 Å². The van der Waals surface area contributed by atoms with E-state index in [9.17, 15) is 8.78 Å². The van der Waals surface area contributed by atoms with Gasteiger partial charge < -0.3 is 4.74 Å². The Morgan fingerprint density at radius 3 is 2.45 bits per heavy atom. The first kappa shape index (κ1) is 15.1. The van der Waals surface area contributed by atoms with Gasteiger partial charge in [0.1, 0.15) is 10.9 Å². The van der Waals surface area contributed by atoms with E-state index >= 15 is 0 Å². The molecule has 0 saturated heterocycles. The molecule has 0 spiro atoms. The number of benzene rings is 1. The fraction of sp³-hybridized carbons (Fsp3) is 0.231. The van der Waals surface area contributed by atoms with E-state index in [1.54, 1.807) is 12.1 Å². The maximum atomic E-state index is 12.1. The normalized spacial score (nSPS) is 10.9. The molecule has 2 rings (SSSR count). The Morgan fingerprint density at radius 2 is 1.90 bits per heavy atom. The van der Waals surface area contributed by atoms with Crippen molar-refractivity contribution < 1.29 is 13.5 Å². The van der Waals surface area contributed by atoms with Crippen molar-refractivity contribution in [3.63, 3.8) is 0 Å². The Bertz CT molecular complexity index is 608. The maximum Gasteiger partial charge on any atom is 0.387 e. The minimum Gasteiger partial charge on any atom is -0.435 e. The Balaban J connectivity index is 2.34. The fourth-order valence-electron chi connectivity index (χ4n) is 1.61. The molecule has 7 heteroatoms. The summed E-state index contributed by atoms with van der Waals surface area (Å²) in [6.45, 7) is -0.891. The van der Waals surface area contributed by atoms with E-state index in [1.165, 1.54) is 12.1 Å². The molecule has 2 aromatic rings. The summed E-state index contributed by atoms with van der Waals surface area (Å²) in [6, 6.07) is 6.09. The summed E-state index contributed by atoms with van der Waals surface area (Å²) in [4.78, 5) is 8.54. The number of rotatable bonds is 4. The van der Waals surface area contributed by atoms with Crippen LogP contribution >= 0.6 is 27.5 Å². The molecule has 106 valence electrons. The van der Waals surface area contributed by atoms with Gasteiger partial charge in [-0.05, 0) is 46.6 Å². The Kier molecular flexibility index (Phi) is 4.88. The lowest BCUT2D eigenvalue weighted by Gasteiger charge is -2.08. The average Bonchev–Trinajstić information content (AvgIpc) is 2.42.